The van der Waals surface area contributed by atoms with E-state index in [9.17, 15) is 4.79 Å². The third-order valence-electron chi connectivity index (χ3n) is 7.38. The average Bonchev–Trinajstić information content (AvgIpc) is 3.09. The van der Waals surface area contributed by atoms with Crippen LogP contribution in [0.3, 0.4) is 0 Å². The smallest absolute Gasteiger partial charge is 0.303 e. The van der Waals surface area contributed by atoms with E-state index in [1.54, 1.807) is 7.11 Å². The van der Waals surface area contributed by atoms with Gasteiger partial charge in [-0.3, -0.25) is 4.79 Å². The molecule has 1 unspecified atom stereocenters. The first-order valence-corrected chi connectivity index (χ1v) is 16.3. The number of hydrogen-bond acceptors (Lipinski definition) is 7. The molecule has 0 N–H and O–H groups in total. The molecule has 0 radical (unpaired) electrons. The van der Waals surface area contributed by atoms with Gasteiger partial charge in [0.05, 0.1) is 30.9 Å². The Morgan fingerprint density at radius 1 is 0.739 bits per heavy atom. The van der Waals surface area contributed by atoms with Crippen LogP contribution in [-0.4, -0.2) is 47.7 Å². The summed E-state index contributed by atoms with van der Waals surface area (Å²) in [5.74, 6) is 6.59. The Balaban J connectivity index is 1.48. The molecule has 0 amide bonds. The SMILES string of the molecule is COc1ccc(CO[C@H]2O[C@H](C(C#Cc3ccccc3)OC(C)=O)[C@@H](OCc3ccccc3)[C@H](OCc3ccccc3)[C@@H]2I)cc1. The average molecular weight is 733 g/mol. The fourth-order valence-corrected chi connectivity index (χ4v) is 6.04. The zero-order valence-electron chi connectivity index (χ0n) is 25.8. The quantitative estimate of drug-likeness (QED) is 0.0680. The molecule has 0 saturated carbocycles. The van der Waals surface area contributed by atoms with Crippen LogP contribution in [0.15, 0.2) is 115 Å². The van der Waals surface area contributed by atoms with Crippen LogP contribution in [0.1, 0.15) is 29.2 Å². The summed E-state index contributed by atoms with van der Waals surface area (Å²) in [6, 6.07) is 37.1. The van der Waals surface area contributed by atoms with Crippen molar-refractivity contribution in [3.8, 4) is 17.6 Å². The van der Waals surface area contributed by atoms with Gasteiger partial charge in [-0.1, -0.05) is 125 Å². The van der Waals surface area contributed by atoms with Crippen LogP contribution in [0.4, 0.5) is 0 Å². The summed E-state index contributed by atoms with van der Waals surface area (Å²) < 4.78 is 37.2. The number of alkyl halides is 1. The van der Waals surface area contributed by atoms with Gasteiger partial charge in [-0.05, 0) is 41.0 Å². The van der Waals surface area contributed by atoms with E-state index in [4.69, 9.17) is 28.4 Å². The molecule has 4 aromatic carbocycles. The first kappa shape index (κ1) is 33.6. The van der Waals surface area contributed by atoms with Gasteiger partial charge in [0, 0.05) is 12.5 Å². The normalized spacial score (nSPS) is 21.4. The highest BCUT2D eigenvalue weighted by molar-refractivity contribution is 14.1. The van der Waals surface area contributed by atoms with Crippen molar-refractivity contribution in [3.05, 3.63) is 138 Å². The van der Waals surface area contributed by atoms with Crippen LogP contribution < -0.4 is 4.74 Å². The van der Waals surface area contributed by atoms with E-state index in [1.165, 1.54) is 6.92 Å². The van der Waals surface area contributed by atoms with Crippen LogP contribution in [0, 0.1) is 11.8 Å². The predicted molar refractivity (Wildman–Crippen MR) is 183 cm³/mol. The van der Waals surface area contributed by atoms with Gasteiger partial charge in [-0.25, -0.2) is 0 Å². The maximum Gasteiger partial charge on any atom is 0.303 e. The van der Waals surface area contributed by atoms with Crippen LogP contribution in [-0.2, 0) is 48.3 Å². The molecule has 1 saturated heterocycles. The molecule has 8 heteroatoms. The lowest BCUT2D eigenvalue weighted by molar-refractivity contribution is -0.279. The fourth-order valence-electron chi connectivity index (χ4n) is 5.05. The first-order chi connectivity index (χ1) is 22.5. The lowest BCUT2D eigenvalue weighted by atomic mass is 9.96. The molecule has 5 rings (SSSR count). The number of ether oxygens (including phenoxy) is 6. The molecular weight excluding hydrogens is 695 g/mol. The molecule has 0 aromatic heterocycles. The van der Waals surface area contributed by atoms with Crippen molar-refractivity contribution in [1.82, 2.24) is 0 Å². The zero-order chi connectivity index (χ0) is 32.1. The van der Waals surface area contributed by atoms with E-state index in [0.29, 0.717) is 13.2 Å². The maximum absolute atomic E-state index is 12.4. The van der Waals surface area contributed by atoms with Gasteiger partial charge in [0.25, 0.3) is 0 Å². The highest BCUT2D eigenvalue weighted by atomic mass is 127. The van der Waals surface area contributed by atoms with Crippen LogP contribution in [0.2, 0.25) is 0 Å². The van der Waals surface area contributed by atoms with Crippen molar-refractivity contribution in [3.63, 3.8) is 0 Å². The Kier molecular flexibility index (Phi) is 12.6. The van der Waals surface area contributed by atoms with E-state index in [-0.39, 0.29) is 10.5 Å². The summed E-state index contributed by atoms with van der Waals surface area (Å²) in [5.41, 5.74) is 3.75. The molecule has 1 aliphatic rings. The van der Waals surface area contributed by atoms with Gasteiger partial charge in [0.2, 0.25) is 0 Å². The van der Waals surface area contributed by atoms with Crippen molar-refractivity contribution in [2.45, 2.75) is 61.4 Å². The summed E-state index contributed by atoms with van der Waals surface area (Å²) in [5, 5.41) is 0. The lowest BCUT2D eigenvalue weighted by Gasteiger charge is -2.45. The van der Waals surface area contributed by atoms with Crippen LogP contribution >= 0.6 is 22.6 Å². The molecular formula is C38H37IO7. The predicted octanol–water partition coefficient (Wildman–Crippen LogP) is 6.89. The van der Waals surface area contributed by atoms with Gasteiger partial charge in [-0.2, -0.15) is 0 Å². The summed E-state index contributed by atoms with van der Waals surface area (Å²) in [6.45, 7) is 2.30. The molecule has 238 valence electrons. The first-order valence-electron chi connectivity index (χ1n) is 15.1. The minimum absolute atomic E-state index is 0.281. The number of rotatable bonds is 12. The molecule has 46 heavy (non-hydrogen) atoms. The maximum atomic E-state index is 12.4. The van der Waals surface area contributed by atoms with Gasteiger partial charge in [-0.15, -0.1) is 0 Å². The van der Waals surface area contributed by atoms with Crippen molar-refractivity contribution in [1.29, 1.82) is 0 Å². The molecule has 1 heterocycles. The van der Waals surface area contributed by atoms with Gasteiger partial charge >= 0.3 is 5.97 Å². The second-order valence-electron chi connectivity index (χ2n) is 10.8. The van der Waals surface area contributed by atoms with Gasteiger partial charge in [0.1, 0.15) is 24.1 Å². The number of hydrogen-bond donors (Lipinski definition) is 0. The lowest BCUT2D eigenvalue weighted by Crippen LogP contribution is -2.61. The molecule has 1 fully saturated rings. The Labute approximate surface area is 284 Å². The number of halogens is 1. The number of carbonyl (C=O) groups is 1. The topological polar surface area (TPSA) is 72.5 Å². The van der Waals surface area contributed by atoms with Crippen molar-refractivity contribution in [2.75, 3.05) is 7.11 Å². The summed E-state index contributed by atoms with van der Waals surface area (Å²) in [6.07, 6.45) is -3.66. The number of benzene rings is 4. The minimum Gasteiger partial charge on any atom is -0.497 e. The molecule has 7 nitrogen and oxygen atoms in total. The van der Waals surface area contributed by atoms with E-state index in [2.05, 4.69) is 34.4 Å². The van der Waals surface area contributed by atoms with E-state index >= 15 is 0 Å². The second-order valence-corrected chi connectivity index (χ2v) is 12.2. The van der Waals surface area contributed by atoms with Gasteiger partial charge < -0.3 is 28.4 Å². The third kappa shape index (κ3) is 9.64. The monoisotopic (exact) mass is 732 g/mol. The number of carbonyl (C=O) groups excluding carboxylic acids is 1. The van der Waals surface area contributed by atoms with Crippen molar-refractivity contribution < 1.29 is 33.2 Å². The summed E-state index contributed by atoms with van der Waals surface area (Å²) in [4.78, 5) is 12.4. The fraction of sp³-hybridized carbons (Fsp3) is 0.289. The molecule has 0 spiro atoms. The number of methoxy groups -OCH3 is 1. The Morgan fingerprint density at radius 2 is 1.26 bits per heavy atom. The van der Waals surface area contributed by atoms with Crippen LogP contribution in [0.25, 0.3) is 0 Å². The van der Waals surface area contributed by atoms with E-state index in [1.807, 2.05) is 115 Å². The third-order valence-corrected chi connectivity index (χ3v) is 8.68. The molecule has 6 atom stereocenters. The number of esters is 1. The molecule has 0 bridgehead atoms. The van der Waals surface area contributed by atoms with Crippen LogP contribution in [0.5, 0.6) is 5.75 Å². The summed E-state index contributed by atoms with van der Waals surface area (Å²) >= 11 is 2.32. The van der Waals surface area contributed by atoms with Crippen molar-refractivity contribution >= 4 is 28.6 Å². The second kappa shape index (κ2) is 17.3. The van der Waals surface area contributed by atoms with E-state index in [0.717, 1.165) is 28.0 Å². The van der Waals surface area contributed by atoms with Gasteiger partial charge in [0.15, 0.2) is 12.4 Å². The standard InChI is InChI=1S/C38H37IO7/c1-27(40)45-33(23-20-28-12-6-3-7-13-28)35-37(43-25-30-16-10-5-11-17-30)36(42-24-29-14-8-4-9-15-29)34(39)38(46-35)44-26-31-18-21-32(41-2)22-19-31/h3-19,21-22,33-38H,24-26H2,1-2H3/t33?,34-,35+,36+,37+,38-/m0/s1. The molecule has 4 aromatic rings. The molecule has 0 aliphatic carbocycles. The highest BCUT2D eigenvalue weighted by Gasteiger charge is 2.50. The largest absolute Gasteiger partial charge is 0.497 e. The summed E-state index contributed by atoms with van der Waals surface area (Å²) in [7, 11) is 1.63. The van der Waals surface area contributed by atoms with E-state index < -0.39 is 36.7 Å². The zero-order valence-corrected chi connectivity index (χ0v) is 27.9. The Morgan fingerprint density at radius 3 is 1.83 bits per heavy atom. The Bertz CT molecular complexity index is 1560. The Hall–Kier alpha value is -3.72. The highest BCUT2D eigenvalue weighted by Crippen LogP contribution is 2.35. The molecule has 1 aliphatic heterocycles. The minimum atomic E-state index is -0.961. The van der Waals surface area contributed by atoms with Crippen molar-refractivity contribution in [2.24, 2.45) is 0 Å².